The fourth-order valence-corrected chi connectivity index (χ4v) is 5.98. The fourth-order valence-electron chi connectivity index (χ4n) is 4.39. The van der Waals surface area contributed by atoms with Gasteiger partial charge in [0.2, 0.25) is 5.91 Å². The minimum atomic E-state index is -3.56. The summed E-state index contributed by atoms with van der Waals surface area (Å²) in [6.45, 7) is 4.58. The van der Waals surface area contributed by atoms with Gasteiger partial charge in [-0.15, -0.1) is 0 Å². The summed E-state index contributed by atoms with van der Waals surface area (Å²) in [5, 5.41) is 15.1. The van der Waals surface area contributed by atoms with Crippen molar-refractivity contribution in [3.8, 4) is 5.88 Å². The van der Waals surface area contributed by atoms with Gasteiger partial charge < -0.3 is 29.4 Å². The number of rotatable bonds is 12. The third-order valence-electron chi connectivity index (χ3n) is 6.40. The zero-order chi connectivity index (χ0) is 28.7. The summed E-state index contributed by atoms with van der Waals surface area (Å²) in [6, 6.07) is 22.0. The molecule has 4 aromatic rings. The highest BCUT2D eigenvalue weighted by molar-refractivity contribution is 7.62. The van der Waals surface area contributed by atoms with Crippen molar-refractivity contribution in [1.29, 1.82) is 0 Å². The molecule has 0 aliphatic carbocycles. The van der Waals surface area contributed by atoms with Crippen LogP contribution in [0.4, 0.5) is 11.4 Å². The molecule has 10 heteroatoms. The van der Waals surface area contributed by atoms with E-state index in [1.807, 2.05) is 61.6 Å². The van der Waals surface area contributed by atoms with E-state index in [-0.39, 0.29) is 25.0 Å². The molecule has 3 aromatic carbocycles. The first-order valence-corrected chi connectivity index (χ1v) is 14.8. The standard InChI is InChI=1S/C30H35N4O5P/c1-5-38-40(37,39-6-2)24-16-17-26-25(20-24)28(30(36)33-26)29(21-10-8-7-9-11-21)32-22-12-14-23(15-13-22)34(4)27(35)18-19-31-3/h7-17,20,31,33,36H,5-6,18-19H2,1-4H3. The van der Waals surface area contributed by atoms with Crippen LogP contribution in [0.1, 0.15) is 31.4 Å². The van der Waals surface area contributed by atoms with Gasteiger partial charge in [0.1, 0.15) is 0 Å². The molecule has 1 aromatic heterocycles. The lowest BCUT2D eigenvalue weighted by Crippen LogP contribution is -2.28. The maximum atomic E-state index is 13.5. The van der Waals surface area contributed by atoms with Crippen molar-refractivity contribution in [1.82, 2.24) is 10.3 Å². The first-order chi connectivity index (χ1) is 19.3. The van der Waals surface area contributed by atoms with Crippen LogP contribution >= 0.6 is 7.60 Å². The van der Waals surface area contributed by atoms with Gasteiger partial charge >= 0.3 is 7.60 Å². The molecule has 0 bridgehead atoms. The number of aromatic nitrogens is 1. The van der Waals surface area contributed by atoms with E-state index in [1.54, 1.807) is 44.0 Å². The van der Waals surface area contributed by atoms with Gasteiger partial charge in [0.15, 0.2) is 5.88 Å². The Labute approximate surface area is 234 Å². The van der Waals surface area contributed by atoms with Crippen LogP contribution in [0.2, 0.25) is 0 Å². The minimum Gasteiger partial charge on any atom is -0.494 e. The zero-order valence-electron chi connectivity index (χ0n) is 23.2. The van der Waals surface area contributed by atoms with Gasteiger partial charge in [0, 0.05) is 42.2 Å². The lowest BCUT2D eigenvalue weighted by Gasteiger charge is -2.18. The van der Waals surface area contributed by atoms with E-state index in [1.165, 1.54) is 0 Å². The first-order valence-electron chi connectivity index (χ1n) is 13.2. The Balaban J connectivity index is 1.82. The van der Waals surface area contributed by atoms with Crippen LogP contribution in [-0.2, 0) is 18.4 Å². The van der Waals surface area contributed by atoms with Crippen molar-refractivity contribution < 1.29 is 23.5 Å². The van der Waals surface area contributed by atoms with Crippen LogP contribution in [0.15, 0.2) is 77.8 Å². The van der Waals surface area contributed by atoms with E-state index in [2.05, 4.69) is 10.3 Å². The number of amides is 1. The molecule has 0 spiro atoms. The number of aromatic amines is 1. The van der Waals surface area contributed by atoms with E-state index in [0.717, 1.165) is 11.3 Å². The van der Waals surface area contributed by atoms with Gasteiger partial charge in [-0.1, -0.05) is 30.3 Å². The third kappa shape index (κ3) is 6.35. The summed E-state index contributed by atoms with van der Waals surface area (Å²) in [7, 11) is 0.00184. The predicted molar refractivity (Wildman–Crippen MR) is 161 cm³/mol. The summed E-state index contributed by atoms with van der Waals surface area (Å²) in [5.74, 6) is -0.0598. The Kier molecular flexibility index (Phi) is 9.55. The molecule has 0 saturated carbocycles. The third-order valence-corrected chi connectivity index (χ3v) is 8.51. The summed E-state index contributed by atoms with van der Waals surface area (Å²) < 4.78 is 24.6. The number of hydrogen-bond donors (Lipinski definition) is 3. The van der Waals surface area contributed by atoms with Gasteiger partial charge in [-0.3, -0.25) is 9.36 Å². The number of hydrogen-bond acceptors (Lipinski definition) is 7. The molecule has 9 nitrogen and oxygen atoms in total. The topological polar surface area (TPSA) is 116 Å². The number of nitrogens with zero attached hydrogens (tertiary/aromatic N) is 2. The molecule has 0 atom stereocenters. The highest BCUT2D eigenvalue weighted by Crippen LogP contribution is 2.47. The van der Waals surface area contributed by atoms with Crippen molar-refractivity contribution in [2.24, 2.45) is 4.99 Å². The van der Waals surface area contributed by atoms with E-state index in [9.17, 15) is 14.5 Å². The van der Waals surface area contributed by atoms with E-state index < -0.39 is 7.60 Å². The first kappa shape index (κ1) is 29.2. The average molecular weight is 563 g/mol. The van der Waals surface area contributed by atoms with Crippen LogP contribution in [0.3, 0.4) is 0 Å². The molecule has 0 aliphatic rings. The fraction of sp³-hybridized carbons (Fsp3) is 0.267. The van der Waals surface area contributed by atoms with Crippen LogP contribution < -0.4 is 15.5 Å². The quantitative estimate of drug-likeness (QED) is 0.155. The highest BCUT2D eigenvalue weighted by atomic mass is 31.2. The van der Waals surface area contributed by atoms with Crippen molar-refractivity contribution in [3.63, 3.8) is 0 Å². The molecule has 0 aliphatic heterocycles. The van der Waals surface area contributed by atoms with Gasteiger partial charge in [0.25, 0.3) is 0 Å². The van der Waals surface area contributed by atoms with Crippen molar-refractivity contribution >= 4 is 46.8 Å². The molecule has 0 saturated heterocycles. The van der Waals surface area contributed by atoms with Gasteiger partial charge in [-0.05, 0) is 63.4 Å². The van der Waals surface area contributed by atoms with Crippen molar-refractivity contribution in [2.75, 3.05) is 38.8 Å². The Morgan fingerprint density at radius 1 is 1.02 bits per heavy atom. The highest BCUT2D eigenvalue weighted by Gasteiger charge is 2.28. The van der Waals surface area contributed by atoms with Crippen molar-refractivity contribution in [3.05, 3.63) is 83.9 Å². The largest absolute Gasteiger partial charge is 0.494 e. The molecule has 0 unspecified atom stereocenters. The number of benzene rings is 3. The molecule has 210 valence electrons. The molecule has 4 rings (SSSR count). The summed E-state index contributed by atoms with van der Waals surface area (Å²) in [4.78, 5) is 22.0. The van der Waals surface area contributed by atoms with Crippen LogP contribution in [-0.4, -0.2) is 55.6 Å². The second-order valence-corrected chi connectivity index (χ2v) is 11.1. The molecule has 0 radical (unpaired) electrons. The second-order valence-electron chi connectivity index (χ2n) is 9.06. The Morgan fingerprint density at radius 2 is 1.70 bits per heavy atom. The lowest BCUT2D eigenvalue weighted by atomic mass is 10.0. The molecular weight excluding hydrogens is 527 g/mol. The smallest absolute Gasteiger partial charge is 0.361 e. The molecular formula is C30H35N4O5P. The Morgan fingerprint density at radius 3 is 2.33 bits per heavy atom. The van der Waals surface area contributed by atoms with E-state index in [0.29, 0.717) is 46.1 Å². The molecule has 3 N–H and O–H groups in total. The Bertz CT molecular complexity index is 1520. The zero-order valence-corrected chi connectivity index (χ0v) is 24.1. The van der Waals surface area contributed by atoms with Crippen LogP contribution in [0.25, 0.3) is 10.9 Å². The lowest BCUT2D eigenvalue weighted by molar-refractivity contribution is -0.118. The maximum Gasteiger partial charge on any atom is 0.361 e. The Hall–Kier alpha value is -3.75. The number of carbonyl (C=O) groups excluding carboxylic acids is 1. The van der Waals surface area contributed by atoms with E-state index in [4.69, 9.17) is 14.0 Å². The summed E-state index contributed by atoms with van der Waals surface area (Å²) in [5.41, 5.74) is 3.81. The van der Waals surface area contributed by atoms with Gasteiger partial charge in [-0.25, -0.2) is 4.99 Å². The SMILES string of the molecule is CCOP(=O)(OCC)c1ccc2[nH]c(O)c(C(=Nc3ccc(N(C)C(=O)CCNC)cc3)c3ccccc3)c2c1. The molecule has 1 heterocycles. The predicted octanol–water partition coefficient (Wildman–Crippen LogP) is 5.51. The molecule has 1 amide bonds. The minimum absolute atomic E-state index is 0.00601. The van der Waals surface area contributed by atoms with Crippen LogP contribution in [0, 0.1) is 0 Å². The van der Waals surface area contributed by atoms with Gasteiger partial charge in [-0.2, -0.15) is 0 Å². The van der Waals surface area contributed by atoms with Gasteiger partial charge in [0.05, 0.1) is 35.5 Å². The molecule has 0 fully saturated rings. The maximum absolute atomic E-state index is 13.5. The number of nitrogens with one attached hydrogen (secondary N) is 2. The van der Waals surface area contributed by atoms with Crippen molar-refractivity contribution in [2.45, 2.75) is 20.3 Å². The van der Waals surface area contributed by atoms with E-state index >= 15 is 0 Å². The summed E-state index contributed by atoms with van der Waals surface area (Å²) in [6.07, 6.45) is 0.395. The number of fused-ring (bicyclic) bond motifs is 1. The number of H-pyrrole nitrogens is 1. The number of aromatic hydroxyl groups is 1. The number of aliphatic imine (C=N–C) groups is 1. The molecule has 40 heavy (non-hydrogen) atoms. The monoisotopic (exact) mass is 562 g/mol. The average Bonchev–Trinajstić information content (AvgIpc) is 3.30. The normalized spacial score (nSPS) is 12.2. The summed E-state index contributed by atoms with van der Waals surface area (Å²) >= 11 is 0. The van der Waals surface area contributed by atoms with Crippen LogP contribution in [0.5, 0.6) is 5.88 Å². The number of anilines is 1. The number of carbonyl (C=O) groups is 1. The second kappa shape index (κ2) is 13.1.